The molecule has 8 heteroatoms. The second kappa shape index (κ2) is 6.02. The molecule has 0 aliphatic heterocycles. The van der Waals surface area contributed by atoms with Gasteiger partial charge in [0.2, 0.25) is 0 Å². The average molecular weight is 309 g/mol. The van der Waals surface area contributed by atoms with Crippen LogP contribution in [0.3, 0.4) is 0 Å². The third-order valence-corrected chi connectivity index (χ3v) is 4.24. The zero-order chi connectivity index (χ0) is 14.7. The highest BCUT2D eigenvalue weighted by Gasteiger charge is 2.12. The van der Waals surface area contributed by atoms with Crippen molar-refractivity contribution in [3.63, 3.8) is 0 Å². The molecule has 2 rings (SSSR count). The molecule has 0 radical (unpaired) electrons. The predicted molar refractivity (Wildman–Crippen MR) is 75.5 cm³/mol. The number of aromatic carboxylic acids is 1. The Balaban J connectivity index is 2.10. The van der Waals surface area contributed by atoms with Gasteiger partial charge in [0.1, 0.15) is 9.90 Å². The fourth-order valence-corrected chi connectivity index (χ4v) is 2.98. The Bertz CT molecular complexity index is 638. The van der Waals surface area contributed by atoms with Crippen LogP contribution in [-0.2, 0) is 0 Å². The second-order valence-electron chi connectivity index (χ2n) is 4.01. The van der Waals surface area contributed by atoms with E-state index in [4.69, 9.17) is 5.11 Å². The van der Waals surface area contributed by atoms with Gasteiger partial charge in [0.05, 0.1) is 0 Å². The molecule has 0 aromatic carbocycles. The van der Waals surface area contributed by atoms with Crippen LogP contribution in [0.1, 0.15) is 20.2 Å². The van der Waals surface area contributed by atoms with Crippen LogP contribution in [-0.4, -0.2) is 46.2 Å². The highest BCUT2D eigenvalue weighted by Crippen LogP contribution is 2.29. The molecule has 0 aliphatic rings. The van der Waals surface area contributed by atoms with E-state index in [2.05, 4.69) is 10.2 Å². The van der Waals surface area contributed by atoms with Gasteiger partial charge in [-0.1, -0.05) is 11.8 Å². The Morgan fingerprint density at radius 2 is 2.05 bits per heavy atom. The number of rotatable bonds is 4. The summed E-state index contributed by atoms with van der Waals surface area (Å²) >= 11 is 2.46. The van der Waals surface area contributed by atoms with E-state index >= 15 is 0 Å². The third-order valence-electron chi connectivity index (χ3n) is 2.27. The summed E-state index contributed by atoms with van der Waals surface area (Å²) in [4.78, 5) is 24.9. The van der Waals surface area contributed by atoms with Gasteiger partial charge >= 0.3 is 5.97 Å². The summed E-state index contributed by atoms with van der Waals surface area (Å²) in [5, 5.41) is 19.0. The van der Waals surface area contributed by atoms with Crippen LogP contribution in [0.4, 0.5) is 0 Å². The molecule has 2 aromatic heterocycles. The van der Waals surface area contributed by atoms with Crippen LogP contribution < -0.4 is 0 Å². The van der Waals surface area contributed by atoms with Crippen LogP contribution in [0.2, 0.25) is 0 Å². The molecule has 20 heavy (non-hydrogen) atoms. The number of nitrogens with zero attached hydrogens (tertiary/aromatic N) is 3. The first-order valence-corrected chi connectivity index (χ1v) is 7.22. The maximum Gasteiger partial charge on any atom is 0.345 e. The molecule has 104 valence electrons. The lowest BCUT2D eigenvalue weighted by atomic mass is 10.3. The normalized spacial score (nSPS) is 10.3. The van der Waals surface area contributed by atoms with E-state index in [1.54, 1.807) is 37.7 Å². The number of carboxylic acids is 1. The topological polar surface area (TPSA) is 83.4 Å². The first-order chi connectivity index (χ1) is 9.47. The van der Waals surface area contributed by atoms with E-state index in [-0.39, 0.29) is 16.5 Å². The molecule has 0 fully saturated rings. The standard InChI is InChI=1S/C12H11N3O3S2/c1-15(2)11(16)8-3-4-10(14-13-8)20-7-5-9(12(17)18)19-6-7/h3-6H,1-2H3,(H,17,18). The summed E-state index contributed by atoms with van der Waals surface area (Å²) in [5.41, 5.74) is 0.274. The van der Waals surface area contributed by atoms with Gasteiger partial charge in [-0.2, -0.15) is 0 Å². The number of carboxylic acid groups (broad SMARTS) is 1. The van der Waals surface area contributed by atoms with Crippen LogP contribution in [0.5, 0.6) is 0 Å². The molecule has 2 heterocycles. The number of aromatic nitrogens is 2. The van der Waals surface area contributed by atoms with E-state index in [0.29, 0.717) is 5.03 Å². The van der Waals surface area contributed by atoms with E-state index < -0.39 is 5.97 Å². The van der Waals surface area contributed by atoms with Crippen molar-refractivity contribution in [1.82, 2.24) is 15.1 Å². The van der Waals surface area contributed by atoms with Crippen LogP contribution in [0.15, 0.2) is 33.5 Å². The molecule has 0 bridgehead atoms. The van der Waals surface area contributed by atoms with E-state index in [1.807, 2.05) is 0 Å². The molecule has 6 nitrogen and oxygen atoms in total. The minimum Gasteiger partial charge on any atom is -0.477 e. The van der Waals surface area contributed by atoms with Gasteiger partial charge in [-0.15, -0.1) is 21.5 Å². The third kappa shape index (κ3) is 3.34. The van der Waals surface area contributed by atoms with Crippen LogP contribution in [0.25, 0.3) is 0 Å². The molecular formula is C12H11N3O3S2. The minimum atomic E-state index is -0.945. The summed E-state index contributed by atoms with van der Waals surface area (Å²) in [6, 6.07) is 4.87. The van der Waals surface area contributed by atoms with Gasteiger partial charge in [0.25, 0.3) is 5.91 Å². The van der Waals surface area contributed by atoms with Crippen molar-refractivity contribution in [2.24, 2.45) is 0 Å². The summed E-state index contributed by atoms with van der Waals surface area (Å²) in [6.45, 7) is 0. The van der Waals surface area contributed by atoms with Gasteiger partial charge in [-0.05, 0) is 18.2 Å². The molecule has 1 N–H and O–H groups in total. The molecule has 0 saturated heterocycles. The van der Waals surface area contributed by atoms with E-state index in [0.717, 1.165) is 16.2 Å². The fourth-order valence-electron chi connectivity index (χ4n) is 1.32. The van der Waals surface area contributed by atoms with Crippen molar-refractivity contribution in [1.29, 1.82) is 0 Å². The Hall–Kier alpha value is -1.93. The summed E-state index contributed by atoms with van der Waals surface area (Å²) in [7, 11) is 3.29. The number of hydrogen-bond acceptors (Lipinski definition) is 6. The van der Waals surface area contributed by atoms with Crippen molar-refractivity contribution in [3.8, 4) is 0 Å². The second-order valence-corrected chi connectivity index (χ2v) is 6.02. The van der Waals surface area contributed by atoms with E-state index in [9.17, 15) is 9.59 Å². The maximum absolute atomic E-state index is 11.6. The monoisotopic (exact) mass is 309 g/mol. The zero-order valence-corrected chi connectivity index (χ0v) is 12.4. The lowest BCUT2D eigenvalue weighted by Gasteiger charge is -2.08. The lowest BCUT2D eigenvalue weighted by Crippen LogP contribution is -2.23. The highest BCUT2D eigenvalue weighted by molar-refractivity contribution is 7.99. The Labute approximate surface area is 123 Å². The Morgan fingerprint density at radius 3 is 2.55 bits per heavy atom. The first-order valence-electron chi connectivity index (χ1n) is 5.52. The van der Waals surface area contributed by atoms with Crippen LogP contribution >= 0.6 is 23.1 Å². The number of thiophene rings is 1. The van der Waals surface area contributed by atoms with Gasteiger partial charge in [-0.25, -0.2) is 4.79 Å². The molecule has 0 saturated carbocycles. The van der Waals surface area contributed by atoms with Crippen molar-refractivity contribution in [3.05, 3.63) is 34.2 Å². The van der Waals surface area contributed by atoms with Crippen molar-refractivity contribution in [2.75, 3.05) is 14.1 Å². The molecular weight excluding hydrogens is 298 g/mol. The van der Waals surface area contributed by atoms with Gasteiger partial charge < -0.3 is 10.0 Å². The predicted octanol–water partition coefficient (Wildman–Crippen LogP) is 2.09. The summed E-state index contributed by atoms with van der Waals surface area (Å²) in [6.07, 6.45) is 0. The molecule has 1 amide bonds. The van der Waals surface area contributed by atoms with Crippen molar-refractivity contribution in [2.45, 2.75) is 9.92 Å². The highest BCUT2D eigenvalue weighted by atomic mass is 32.2. The molecule has 0 atom stereocenters. The molecule has 0 unspecified atom stereocenters. The van der Waals surface area contributed by atoms with E-state index in [1.165, 1.54) is 16.7 Å². The summed E-state index contributed by atoms with van der Waals surface area (Å²) < 4.78 is 0. The zero-order valence-electron chi connectivity index (χ0n) is 10.7. The van der Waals surface area contributed by atoms with Crippen LogP contribution in [0, 0.1) is 0 Å². The smallest absolute Gasteiger partial charge is 0.345 e. The number of carbonyl (C=O) groups is 2. The number of carbonyl (C=O) groups excluding carboxylic acids is 1. The Morgan fingerprint density at radius 1 is 1.30 bits per heavy atom. The van der Waals surface area contributed by atoms with Crippen molar-refractivity contribution >= 4 is 35.0 Å². The largest absolute Gasteiger partial charge is 0.477 e. The number of hydrogen-bond donors (Lipinski definition) is 1. The minimum absolute atomic E-state index is 0.210. The SMILES string of the molecule is CN(C)C(=O)c1ccc(Sc2csc(C(=O)O)c2)nn1. The number of amides is 1. The van der Waals surface area contributed by atoms with Gasteiger partial charge in [0.15, 0.2) is 5.69 Å². The molecule has 0 aliphatic carbocycles. The van der Waals surface area contributed by atoms with Crippen molar-refractivity contribution < 1.29 is 14.7 Å². The Kier molecular flexibility index (Phi) is 4.35. The maximum atomic E-state index is 11.6. The lowest BCUT2D eigenvalue weighted by molar-refractivity contribution is 0.0701. The molecule has 0 spiro atoms. The summed E-state index contributed by atoms with van der Waals surface area (Å²) in [5.74, 6) is -1.15. The first kappa shape index (κ1) is 14.5. The van der Waals surface area contributed by atoms with Gasteiger partial charge in [0, 0.05) is 24.4 Å². The van der Waals surface area contributed by atoms with Gasteiger partial charge in [-0.3, -0.25) is 4.79 Å². The quantitative estimate of drug-likeness (QED) is 0.931. The molecule has 2 aromatic rings. The fraction of sp³-hybridized carbons (Fsp3) is 0.167. The average Bonchev–Trinajstić information content (AvgIpc) is 2.87.